The van der Waals surface area contributed by atoms with E-state index in [4.69, 9.17) is 4.74 Å². The largest absolute Gasteiger partial charge is 0.433 e. The van der Waals surface area contributed by atoms with Crippen LogP contribution < -0.4 is 10.1 Å². The zero-order chi connectivity index (χ0) is 22.7. The van der Waals surface area contributed by atoms with Crippen molar-refractivity contribution in [1.82, 2.24) is 15.0 Å². The number of carbonyl (C=O) groups is 1. The summed E-state index contributed by atoms with van der Waals surface area (Å²) >= 11 is 1.25. The molecule has 2 aromatic heterocycles. The minimum absolute atomic E-state index is 0.0710. The smallest absolute Gasteiger partial charge is 0.398 e. The predicted molar refractivity (Wildman–Crippen MR) is 115 cm³/mol. The van der Waals surface area contributed by atoms with E-state index in [0.717, 1.165) is 60.4 Å². The average molecular weight is 462 g/mol. The van der Waals surface area contributed by atoms with Crippen molar-refractivity contribution in [2.45, 2.75) is 45.2 Å². The Morgan fingerprint density at radius 1 is 1.16 bits per heavy atom. The molecule has 10 heteroatoms. The standard InChI is InChI=1S/C22H21F3N4O2S/c1-13-9-15(11-16(10-13)28-20-26-8-7-18(29-20)22(23,24)25)17-12-27-21(32-17)31-19(30)14-5-3-2-4-6-14/h7-12,14H,2-6H2,1H3,(H,26,28,29). The second-order valence-electron chi connectivity index (χ2n) is 7.72. The fourth-order valence-electron chi connectivity index (χ4n) is 3.65. The Labute approximate surface area is 186 Å². The number of benzene rings is 1. The predicted octanol–water partition coefficient (Wildman–Crippen LogP) is 6.16. The zero-order valence-electron chi connectivity index (χ0n) is 17.3. The second kappa shape index (κ2) is 9.23. The number of carbonyl (C=O) groups excluding carboxylic acids is 1. The van der Waals surface area contributed by atoms with E-state index in [2.05, 4.69) is 20.3 Å². The molecule has 0 aliphatic heterocycles. The van der Waals surface area contributed by atoms with Crippen LogP contribution in [0.15, 0.2) is 36.7 Å². The molecule has 0 unspecified atom stereocenters. The summed E-state index contributed by atoms with van der Waals surface area (Å²) in [7, 11) is 0. The van der Waals surface area contributed by atoms with Gasteiger partial charge in [-0.3, -0.25) is 4.79 Å². The molecule has 6 nitrogen and oxygen atoms in total. The lowest BCUT2D eigenvalue weighted by atomic mass is 9.89. The third-order valence-electron chi connectivity index (χ3n) is 5.17. The molecule has 0 spiro atoms. The van der Waals surface area contributed by atoms with Crippen LogP contribution in [0, 0.1) is 12.8 Å². The summed E-state index contributed by atoms with van der Waals surface area (Å²) in [4.78, 5) is 24.8. The Bertz CT molecular complexity index is 1110. The average Bonchev–Trinajstić information content (AvgIpc) is 3.22. The van der Waals surface area contributed by atoms with E-state index in [1.54, 1.807) is 18.3 Å². The molecule has 0 bridgehead atoms. The van der Waals surface area contributed by atoms with Crippen molar-refractivity contribution in [3.8, 4) is 15.6 Å². The molecule has 0 radical (unpaired) electrons. The Morgan fingerprint density at radius 3 is 2.69 bits per heavy atom. The minimum Gasteiger partial charge on any atom is -0.398 e. The van der Waals surface area contributed by atoms with Gasteiger partial charge in [0, 0.05) is 18.1 Å². The molecule has 1 aliphatic rings. The summed E-state index contributed by atoms with van der Waals surface area (Å²) in [6, 6.07) is 6.27. The van der Waals surface area contributed by atoms with Gasteiger partial charge < -0.3 is 10.1 Å². The fourth-order valence-corrected chi connectivity index (χ4v) is 4.41. The third kappa shape index (κ3) is 5.42. The molecule has 0 atom stereocenters. The molecule has 168 valence electrons. The normalized spacial score (nSPS) is 14.9. The first-order valence-electron chi connectivity index (χ1n) is 10.2. The Morgan fingerprint density at radius 2 is 1.94 bits per heavy atom. The van der Waals surface area contributed by atoms with E-state index < -0.39 is 11.9 Å². The van der Waals surface area contributed by atoms with Crippen molar-refractivity contribution in [2.75, 3.05) is 5.32 Å². The topological polar surface area (TPSA) is 77.0 Å². The summed E-state index contributed by atoms with van der Waals surface area (Å²) in [6.45, 7) is 1.87. The van der Waals surface area contributed by atoms with Gasteiger partial charge in [-0.1, -0.05) is 36.7 Å². The SMILES string of the molecule is Cc1cc(Nc2nccc(C(F)(F)F)n2)cc(-c2cnc(OC(=O)C3CCCCC3)s2)c1. The van der Waals surface area contributed by atoms with Crippen LogP contribution in [-0.4, -0.2) is 20.9 Å². The van der Waals surface area contributed by atoms with E-state index in [-0.39, 0.29) is 23.0 Å². The molecular formula is C22H21F3N4O2S. The van der Waals surface area contributed by atoms with Gasteiger partial charge in [-0.25, -0.2) is 15.0 Å². The first-order valence-corrected chi connectivity index (χ1v) is 11.1. The van der Waals surface area contributed by atoms with Crippen molar-refractivity contribution in [1.29, 1.82) is 0 Å². The van der Waals surface area contributed by atoms with E-state index in [1.165, 1.54) is 11.3 Å². The molecule has 1 fully saturated rings. The van der Waals surface area contributed by atoms with Crippen molar-refractivity contribution in [2.24, 2.45) is 5.92 Å². The molecule has 2 heterocycles. The van der Waals surface area contributed by atoms with Gasteiger partial charge in [0.1, 0.15) is 5.69 Å². The van der Waals surface area contributed by atoms with E-state index in [1.807, 2.05) is 13.0 Å². The number of rotatable bonds is 5. The number of ether oxygens (including phenoxy) is 1. The highest BCUT2D eigenvalue weighted by Crippen LogP contribution is 2.34. The van der Waals surface area contributed by atoms with E-state index in [9.17, 15) is 18.0 Å². The lowest BCUT2D eigenvalue weighted by Gasteiger charge is -2.18. The number of hydrogen-bond acceptors (Lipinski definition) is 7. The molecule has 0 saturated heterocycles. The number of aryl methyl sites for hydroxylation is 1. The van der Waals surface area contributed by atoms with Gasteiger partial charge in [-0.15, -0.1) is 0 Å². The van der Waals surface area contributed by atoms with Gasteiger partial charge in [0.25, 0.3) is 5.19 Å². The molecule has 1 aromatic carbocycles. The number of halogens is 3. The van der Waals surface area contributed by atoms with Gasteiger partial charge >= 0.3 is 12.1 Å². The Kier molecular flexibility index (Phi) is 6.40. The van der Waals surface area contributed by atoms with Crippen molar-refractivity contribution < 1.29 is 22.7 Å². The molecular weight excluding hydrogens is 441 g/mol. The summed E-state index contributed by atoms with van der Waals surface area (Å²) < 4.78 is 44.2. The molecule has 4 rings (SSSR count). The molecule has 32 heavy (non-hydrogen) atoms. The maximum atomic E-state index is 12.9. The van der Waals surface area contributed by atoms with Gasteiger partial charge in [-0.2, -0.15) is 13.2 Å². The first kappa shape index (κ1) is 22.2. The van der Waals surface area contributed by atoms with Crippen molar-refractivity contribution >= 4 is 28.9 Å². The van der Waals surface area contributed by atoms with Crippen molar-refractivity contribution in [3.63, 3.8) is 0 Å². The quantitative estimate of drug-likeness (QED) is 0.458. The summed E-state index contributed by atoms with van der Waals surface area (Å²) in [5, 5.41) is 3.11. The summed E-state index contributed by atoms with van der Waals surface area (Å²) in [5.74, 6) is -0.458. The van der Waals surface area contributed by atoms with E-state index in [0.29, 0.717) is 5.69 Å². The van der Waals surface area contributed by atoms with Gasteiger partial charge in [0.05, 0.1) is 10.8 Å². The number of aromatic nitrogens is 3. The molecule has 3 aromatic rings. The lowest BCUT2D eigenvalue weighted by Crippen LogP contribution is -2.22. The van der Waals surface area contributed by atoms with Gasteiger partial charge in [0.15, 0.2) is 0 Å². The van der Waals surface area contributed by atoms with Crippen LogP contribution in [0.25, 0.3) is 10.4 Å². The highest BCUT2D eigenvalue weighted by Gasteiger charge is 2.32. The molecule has 1 aliphatic carbocycles. The van der Waals surface area contributed by atoms with Crippen LogP contribution in [0.5, 0.6) is 5.19 Å². The highest BCUT2D eigenvalue weighted by molar-refractivity contribution is 7.16. The third-order valence-corrected chi connectivity index (χ3v) is 6.10. The number of alkyl halides is 3. The number of nitrogens with zero attached hydrogens (tertiary/aromatic N) is 3. The zero-order valence-corrected chi connectivity index (χ0v) is 18.1. The van der Waals surface area contributed by atoms with Gasteiger partial charge in [-0.05, 0) is 49.1 Å². The highest BCUT2D eigenvalue weighted by atomic mass is 32.1. The first-order chi connectivity index (χ1) is 15.3. The molecule has 1 N–H and O–H groups in total. The van der Waals surface area contributed by atoms with Crippen LogP contribution in [0.1, 0.15) is 43.4 Å². The number of esters is 1. The van der Waals surface area contributed by atoms with Crippen LogP contribution in [0.4, 0.5) is 24.8 Å². The summed E-state index contributed by atoms with van der Waals surface area (Å²) in [6.07, 6.45) is 3.06. The molecule has 1 saturated carbocycles. The maximum absolute atomic E-state index is 12.9. The monoisotopic (exact) mass is 462 g/mol. The second-order valence-corrected chi connectivity index (χ2v) is 8.72. The fraction of sp³-hybridized carbons (Fsp3) is 0.364. The minimum atomic E-state index is -4.55. The van der Waals surface area contributed by atoms with Gasteiger partial charge in [0.2, 0.25) is 5.95 Å². The van der Waals surface area contributed by atoms with E-state index >= 15 is 0 Å². The number of anilines is 2. The Balaban J connectivity index is 1.50. The molecule has 0 amide bonds. The van der Waals surface area contributed by atoms with Crippen LogP contribution >= 0.6 is 11.3 Å². The number of nitrogens with one attached hydrogen (secondary N) is 1. The number of thiazole rings is 1. The summed E-state index contributed by atoms with van der Waals surface area (Å²) in [5.41, 5.74) is 1.19. The van der Waals surface area contributed by atoms with Crippen LogP contribution in [-0.2, 0) is 11.0 Å². The Hall–Kier alpha value is -3.01. The van der Waals surface area contributed by atoms with Crippen LogP contribution in [0.3, 0.4) is 0 Å². The maximum Gasteiger partial charge on any atom is 0.433 e. The van der Waals surface area contributed by atoms with Crippen molar-refractivity contribution in [3.05, 3.63) is 47.9 Å². The number of hydrogen-bond donors (Lipinski definition) is 1. The van der Waals surface area contributed by atoms with Crippen LogP contribution in [0.2, 0.25) is 0 Å². The lowest BCUT2D eigenvalue weighted by molar-refractivity contribution is -0.141.